The molecule has 0 saturated heterocycles. The molecule has 0 spiro atoms. The molecule has 0 unspecified atom stereocenters. The summed E-state index contributed by atoms with van der Waals surface area (Å²) in [5.41, 5.74) is 3.32. The van der Waals surface area contributed by atoms with Crippen LogP contribution in [0.4, 0.5) is 0 Å². The highest BCUT2D eigenvalue weighted by Crippen LogP contribution is 2.17. The minimum atomic E-state index is -0.301. The zero-order valence-corrected chi connectivity index (χ0v) is 12.5. The minimum Gasteiger partial charge on any atom is -0.462 e. The Labute approximate surface area is 125 Å². The fraction of sp³-hybridized carbons (Fsp3) is 0.353. The average molecular weight is 284 g/mol. The number of unbranched alkanes of at least 4 members (excludes halogenated alkanes) is 1. The first-order valence-electron chi connectivity index (χ1n) is 7.34. The van der Waals surface area contributed by atoms with E-state index >= 15 is 0 Å². The quantitative estimate of drug-likeness (QED) is 0.760. The maximum absolute atomic E-state index is 11.6. The Morgan fingerprint density at radius 2 is 1.81 bits per heavy atom. The van der Waals surface area contributed by atoms with E-state index in [1.807, 2.05) is 24.3 Å². The molecule has 1 heterocycles. The van der Waals surface area contributed by atoms with Gasteiger partial charge in [0.1, 0.15) is 0 Å². The topological polar surface area (TPSA) is 52.1 Å². The van der Waals surface area contributed by atoms with Crippen LogP contribution >= 0.6 is 0 Å². The van der Waals surface area contributed by atoms with Gasteiger partial charge in [-0.15, -0.1) is 0 Å². The molecule has 4 heteroatoms. The fourth-order valence-electron chi connectivity index (χ4n) is 2.00. The second-order valence-electron chi connectivity index (χ2n) is 4.81. The second kappa shape index (κ2) is 7.53. The first-order chi connectivity index (χ1) is 10.2. The maximum Gasteiger partial charge on any atom is 0.338 e. The lowest BCUT2D eigenvalue weighted by molar-refractivity contribution is 0.0526. The molecular weight excluding hydrogens is 264 g/mol. The van der Waals surface area contributed by atoms with Gasteiger partial charge < -0.3 is 4.74 Å². The zero-order valence-electron chi connectivity index (χ0n) is 12.5. The Morgan fingerprint density at radius 1 is 1.05 bits per heavy atom. The van der Waals surface area contributed by atoms with Crippen LogP contribution in [0.3, 0.4) is 0 Å². The summed E-state index contributed by atoms with van der Waals surface area (Å²) in [5, 5.41) is 8.48. The smallest absolute Gasteiger partial charge is 0.338 e. The summed E-state index contributed by atoms with van der Waals surface area (Å²) < 4.78 is 4.96. The molecule has 0 bridgehead atoms. The van der Waals surface area contributed by atoms with E-state index in [-0.39, 0.29) is 5.97 Å². The fourth-order valence-corrected chi connectivity index (χ4v) is 2.00. The van der Waals surface area contributed by atoms with Crippen molar-refractivity contribution < 1.29 is 9.53 Å². The highest BCUT2D eigenvalue weighted by Gasteiger charge is 2.07. The van der Waals surface area contributed by atoms with Crippen LogP contribution in [0.1, 0.15) is 42.7 Å². The van der Waals surface area contributed by atoms with Gasteiger partial charge in [0.2, 0.25) is 0 Å². The summed E-state index contributed by atoms with van der Waals surface area (Å²) in [4.78, 5) is 11.6. The van der Waals surface area contributed by atoms with Crippen LogP contribution in [0.2, 0.25) is 0 Å². The molecule has 0 saturated carbocycles. The number of carbonyl (C=O) groups excluding carboxylic acids is 1. The molecule has 0 radical (unpaired) electrons. The van der Waals surface area contributed by atoms with Crippen LogP contribution in [0.15, 0.2) is 36.4 Å². The van der Waals surface area contributed by atoms with Gasteiger partial charge in [0, 0.05) is 5.56 Å². The van der Waals surface area contributed by atoms with Gasteiger partial charge in [-0.2, -0.15) is 10.2 Å². The van der Waals surface area contributed by atoms with Gasteiger partial charge >= 0.3 is 5.97 Å². The summed E-state index contributed by atoms with van der Waals surface area (Å²) in [5.74, 6) is -0.301. The molecule has 0 aliphatic heterocycles. The van der Waals surface area contributed by atoms with Crippen LogP contribution in [-0.2, 0) is 11.2 Å². The number of aryl methyl sites for hydroxylation is 1. The monoisotopic (exact) mass is 284 g/mol. The molecule has 1 aromatic heterocycles. The molecule has 2 aromatic rings. The van der Waals surface area contributed by atoms with Crippen molar-refractivity contribution in [3.63, 3.8) is 0 Å². The molecule has 21 heavy (non-hydrogen) atoms. The summed E-state index contributed by atoms with van der Waals surface area (Å²) in [7, 11) is 0. The van der Waals surface area contributed by atoms with Crippen LogP contribution in [0.25, 0.3) is 11.3 Å². The molecular formula is C17H20N2O2. The molecule has 0 fully saturated rings. The van der Waals surface area contributed by atoms with Crippen molar-refractivity contribution in [1.82, 2.24) is 10.2 Å². The van der Waals surface area contributed by atoms with Crippen molar-refractivity contribution in [3.8, 4) is 11.3 Å². The summed E-state index contributed by atoms with van der Waals surface area (Å²) in [6.45, 7) is 4.33. The highest BCUT2D eigenvalue weighted by molar-refractivity contribution is 5.89. The van der Waals surface area contributed by atoms with E-state index < -0.39 is 0 Å². The van der Waals surface area contributed by atoms with Gasteiger partial charge in [0.25, 0.3) is 0 Å². The molecule has 110 valence electrons. The predicted octanol–water partition coefficient (Wildman–Crippen LogP) is 3.66. The summed E-state index contributed by atoms with van der Waals surface area (Å²) in [6.07, 6.45) is 3.24. The van der Waals surface area contributed by atoms with E-state index in [2.05, 4.69) is 17.1 Å². The lowest BCUT2D eigenvalue weighted by atomic mass is 10.1. The third-order valence-electron chi connectivity index (χ3n) is 3.20. The number of hydrogen-bond donors (Lipinski definition) is 0. The molecule has 0 atom stereocenters. The lowest BCUT2D eigenvalue weighted by Gasteiger charge is -2.04. The van der Waals surface area contributed by atoms with Gasteiger partial charge in [0.05, 0.1) is 23.6 Å². The number of carbonyl (C=O) groups is 1. The van der Waals surface area contributed by atoms with Crippen LogP contribution in [0, 0.1) is 0 Å². The van der Waals surface area contributed by atoms with Crippen molar-refractivity contribution in [2.75, 3.05) is 6.61 Å². The standard InChI is InChI=1S/C17H20N2O2/c1-3-5-6-15-11-12-16(19-18-15)13-7-9-14(10-8-13)17(20)21-4-2/h7-12H,3-6H2,1-2H3. The molecule has 1 aromatic carbocycles. The highest BCUT2D eigenvalue weighted by atomic mass is 16.5. The Hall–Kier alpha value is -2.23. The average Bonchev–Trinajstić information content (AvgIpc) is 2.54. The van der Waals surface area contributed by atoms with E-state index in [1.165, 1.54) is 0 Å². The number of esters is 1. The molecule has 0 aliphatic rings. The molecule has 4 nitrogen and oxygen atoms in total. The Balaban J connectivity index is 2.09. The number of ether oxygens (including phenoxy) is 1. The van der Waals surface area contributed by atoms with E-state index in [1.54, 1.807) is 19.1 Å². The zero-order chi connectivity index (χ0) is 15.1. The first kappa shape index (κ1) is 15.2. The normalized spacial score (nSPS) is 10.4. The van der Waals surface area contributed by atoms with Crippen LogP contribution < -0.4 is 0 Å². The van der Waals surface area contributed by atoms with Gasteiger partial charge in [-0.1, -0.05) is 25.5 Å². The van der Waals surface area contributed by atoms with Crippen molar-refractivity contribution in [2.24, 2.45) is 0 Å². The Morgan fingerprint density at radius 3 is 2.38 bits per heavy atom. The summed E-state index contributed by atoms with van der Waals surface area (Å²) >= 11 is 0. The van der Waals surface area contributed by atoms with Gasteiger partial charge in [-0.25, -0.2) is 4.79 Å². The molecule has 0 amide bonds. The van der Waals surface area contributed by atoms with Crippen molar-refractivity contribution in [1.29, 1.82) is 0 Å². The van der Waals surface area contributed by atoms with E-state index in [4.69, 9.17) is 4.74 Å². The van der Waals surface area contributed by atoms with E-state index in [9.17, 15) is 4.79 Å². The summed E-state index contributed by atoms with van der Waals surface area (Å²) in [6, 6.07) is 11.2. The molecule has 2 rings (SSSR count). The lowest BCUT2D eigenvalue weighted by Crippen LogP contribution is -2.04. The number of hydrogen-bond acceptors (Lipinski definition) is 4. The maximum atomic E-state index is 11.6. The van der Waals surface area contributed by atoms with Crippen molar-refractivity contribution >= 4 is 5.97 Å². The van der Waals surface area contributed by atoms with Crippen molar-refractivity contribution in [2.45, 2.75) is 33.1 Å². The Bertz CT molecular complexity index is 577. The molecule has 0 N–H and O–H groups in total. The van der Waals surface area contributed by atoms with Gasteiger partial charge in [-0.3, -0.25) is 0 Å². The van der Waals surface area contributed by atoms with Gasteiger partial charge in [0.15, 0.2) is 0 Å². The SMILES string of the molecule is CCCCc1ccc(-c2ccc(C(=O)OCC)cc2)nn1. The van der Waals surface area contributed by atoms with E-state index in [0.717, 1.165) is 36.2 Å². The Kier molecular flexibility index (Phi) is 5.43. The third kappa shape index (κ3) is 4.12. The van der Waals surface area contributed by atoms with Crippen molar-refractivity contribution in [3.05, 3.63) is 47.7 Å². The van der Waals surface area contributed by atoms with Gasteiger partial charge in [-0.05, 0) is 44.0 Å². The van der Waals surface area contributed by atoms with E-state index in [0.29, 0.717) is 12.2 Å². The number of rotatable bonds is 6. The second-order valence-corrected chi connectivity index (χ2v) is 4.81. The molecule has 0 aliphatic carbocycles. The number of nitrogens with zero attached hydrogens (tertiary/aromatic N) is 2. The third-order valence-corrected chi connectivity index (χ3v) is 3.20. The number of aromatic nitrogens is 2. The number of benzene rings is 1. The van der Waals surface area contributed by atoms with Crippen LogP contribution in [-0.4, -0.2) is 22.8 Å². The minimum absolute atomic E-state index is 0.301. The predicted molar refractivity (Wildman–Crippen MR) is 82.0 cm³/mol. The van der Waals surface area contributed by atoms with Crippen LogP contribution in [0.5, 0.6) is 0 Å². The first-order valence-corrected chi connectivity index (χ1v) is 7.34. The largest absolute Gasteiger partial charge is 0.462 e.